The van der Waals surface area contributed by atoms with Gasteiger partial charge in [-0.05, 0) is 18.6 Å². The molecule has 5 rings (SSSR count). The van der Waals surface area contributed by atoms with Crippen LogP contribution in [0.1, 0.15) is 18.3 Å². The zero-order chi connectivity index (χ0) is 20.9. The molecule has 0 saturated carbocycles. The lowest BCUT2D eigenvalue weighted by Gasteiger charge is -2.27. The van der Waals surface area contributed by atoms with E-state index in [0.717, 1.165) is 17.9 Å². The van der Waals surface area contributed by atoms with Gasteiger partial charge in [0.2, 0.25) is 11.8 Å². The number of likely N-dealkylation sites (tertiary alicyclic amines) is 1. The van der Waals surface area contributed by atoms with Crippen molar-refractivity contribution < 1.29 is 14.3 Å². The Morgan fingerprint density at radius 3 is 3.07 bits per heavy atom. The van der Waals surface area contributed by atoms with Gasteiger partial charge in [-0.1, -0.05) is 18.2 Å². The number of hydrogen-bond acceptors (Lipinski definition) is 6. The zero-order valence-electron chi connectivity index (χ0n) is 17.0. The van der Waals surface area contributed by atoms with Crippen LogP contribution in [0.25, 0.3) is 0 Å². The number of fused-ring (bicyclic) bond motifs is 1. The van der Waals surface area contributed by atoms with Gasteiger partial charge >= 0.3 is 0 Å². The molecule has 30 heavy (non-hydrogen) atoms. The third-order valence-electron chi connectivity index (χ3n) is 6.35. The third kappa shape index (κ3) is 2.84. The molecule has 2 amide bonds. The highest BCUT2D eigenvalue weighted by Gasteiger charge is 2.67. The van der Waals surface area contributed by atoms with Crippen molar-refractivity contribution in [1.82, 2.24) is 29.5 Å². The number of aromatic nitrogens is 4. The normalized spacial score (nSPS) is 28.9. The molecule has 5 heterocycles. The van der Waals surface area contributed by atoms with E-state index in [1.165, 1.54) is 0 Å². The summed E-state index contributed by atoms with van der Waals surface area (Å²) >= 11 is 0. The van der Waals surface area contributed by atoms with Gasteiger partial charge in [-0.15, -0.1) is 10.2 Å². The van der Waals surface area contributed by atoms with E-state index in [2.05, 4.69) is 15.2 Å². The highest BCUT2D eigenvalue weighted by atomic mass is 16.5. The summed E-state index contributed by atoms with van der Waals surface area (Å²) in [4.78, 5) is 34.2. The predicted molar refractivity (Wildman–Crippen MR) is 106 cm³/mol. The number of carbonyl (C=O) groups is 2. The minimum absolute atomic E-state index is 0.0332. The standard InChI is InChI=1S/C21H24N6O3/c1-3-26-13-23-24-16(26)11-25(2)19(28)17-15-6-7-21(30-15)12-27(20(29)18(17)21)10-14-5-4-8-22-9-14/h4-9,13,15,17-18H,3,10-12H2,1-2H3/t15-,17+,18-,21-/m0/s1. The van der Waals surface area contributed by atoms with Gasteiger partial charge in [0.1, 0.15) is 11.9 Å². The summed E-state index contributed by atoms with van der Waals surface area (Å²) in [5.74, 6) is -0.432. The summed E-state index contributed by atoms with van der Waals surface area (Å²) in [6.45, 7) is 3.99. The number of pyridine rings is 1. The van der Waals surface area contributed by atoms with Crippen LogP contribution in [0.4, 0.5) is 0 Å². The SMILES string of the molecule is CCn1cnnc1CN(C)C(=O)[C@@H]1[C@@H]2C=C[C@@]3(CN(Cc4cccnc4)C(=O)[C@H]13)O2. The predicted octanol–water partition coefficient (Wildman–Crippen LogP) is 0.634. The molecule has 3 aliphatic rings. The molecule has 0 N–H and O–H groups in total. The first-order valence-electron chi connectivity index (χ1n) is 10.2. The Morgan fingerprint density at radius 1 is 1.43 bits per heavy atom. The fourth-order valence-corrected chi connectivity index (χ4v) is 4.92. The van der Waals surface area contributed by atoms with Crippen LogP contribution in [0.3, 0.4) is 0 Å². The fourth-order valence-electron chi connectivity index (χ4n) is 4.92. The second kappa shape index (κ2) is 7.02. The van der Waals surface area contributed by atoms with Gasteiger partial charge in [-0.2, -0.15) is 0 Å². The van der Waals surface area contributed by atoms with Crippen molar-refractivity contribution in [2.75, 3.05) is 13.6 Å². The Bertz CT molecular complexity index is 1010. The van der Waals surface area contributed by atoms with Crippen LogP contribution in [-0.2, 0) is 34.0 Å². The Morgan fingerprint density at radius 2 is 2.30 bits per heavy atom. The maximum absolute atomic E-state index is 13.4. The third-order valence-corrected chi connectivity index (χ3v) is 6.35. The largest absolute Gasteiger partial charge is 0.360 e. The lowest BCUT2D eigenvalue weighted by Crippen LogP contribution is -2.44. The Kier molecular flexibility index (Phi) is 4.43. The number of ether oxygens (including phenoxy) is 1. The number of hydrogen-bond donors (Lipinski definition) is 0. The number of nitrogens with zero attached hydrogens (tertiary/aromatic N) is 6. The van der Waals surface area contributed by atoms with E-state index in [1.807, 2.05) is 35.8 Å². The lowest BCUT2D eigenvalue weighted by molar-refractivity contribution is -0.143. The fraction of sp³-hybridized carbons (Fsp3) is 0.476. The van der Waals surface area contributed by atoms with E-state index in [1.54, 1.807) is 35.6 Å². The van der Waals surface area contributed by atoms with Crippen LogP contribution in [0, 0.1) is 11.8 Å². The summed E-state index contributed by atoms with van der Waals surface area (Å²) in [6, 6.07) is 3.80. The molecule has 2 saturated heterocycles. The van der Waals surface area contributed by atoms with E-state index in [0.29, 0.717) is 19.6 Å². The van der Waals surface area contributed by atoms with Gasteiger partial charge in [0.25, 0.3) is 0 Å². The molecule has 156 valence electrons. The molecule has 9 heteroatoms. The number of rotatable bonds is 6. The van der Waals surface area contributed by atoms with Gasteiger partial charge in [-0.3, -0.25) is 14.6 Å². The highest BCUT2D eigenvalue weighted by molar-refractivity contribution is 5.92. The van der Waals surface area contributed by atoms with Gasteiger partial charge < -0.3 is 19.1 Å². The maximum Gasteiger partial charge on any atom is 0.230 e. The molecule has 9 nitrogen and oxygen atoms in total. The quantitative estimate of drug-likeness (QED) is 0.651. The van der Waals surface area contributed by atoms with E-state index in [4.69, 9.17) is 4.74 Å². The maximum atomic E-state index is 13.4. The molecule has 2 fully saturated rings. The molecule has 0 unspecified atom stereocenters. The van der Waals surface area contributed by atoms with E-state index in [9.17, 15) is 9.59 Å². The summed E-state index contributed by atoms with van der Waals surface area (Å²) in [6.07, 6.45) is 8.66. The summed E-state index contributed by atoms with van der Waals surface area (Å²) in [7, 11) is 1.74. The molecule has 0 aromatic carbocycles. The van der Waals surface area contributed by atoms with E-state index in [-0.39, 0.29) is 17.9 Å². The average Bonchev–Trinajstić information content (AvgIpc) is 3.50. The minimum atomic E-state index is -0.714. The second-order valence-corrected chi connectivity index (χ2v) is 8.18. The number of carbonyl (C=O) groups excluding carboxylic acids is 2. The van der Waals surface area contributed by atoms with E-state index < -0.39 is 17.4 Å². The van der Waals surface area contributed by atoms with E-state index >= 15 is 0 Å². The van der Waals surface area contributed by atoms with Gasteiger partial charge in [0.05, 0.1) is 31.0 Å². The molecule has 1 spiro atoms. The molecular weight excluding hydrogens is 384 g/mol. The van der Waals surface area contributed by atoms with Crippen LogP contribution in [0.2, 0.25) is 0 Å². The molecule has 0 radical (unpaired) electrons. The molecule has 3 aliphatic heterocycles. The molecule has 0 aliphatic carbocycles. The smallest absolute Gasteiger partial charge is 0.230 e. The molecular formula is C21H24N6O3. The van der Waals surface area contributed by atoms with Gasteiger partial charge in [0, 0.05) is 32.5 Å². The number of amides is 2. The summed E-state index contributed by atoms with van der Waals surface area (Å²) in [5.41, 5.74) is 0.244. The highest BCUT2D eigenvalue weighted by Crippen LogP contribution is 2.52. The lowest BCUT2D eigenvalue weighted by atomic mass is 9.76. The van der Waals surface area contributed by atoms with Crippen molar-refractivity contribution in [3.05, 3.63) is 54.4 Å². The molecule has 2 aromatic heterocycles. The van der Waals surface area contributed by atoms with Crippen LogP contribution in [0.15, 0.2) is 43.0 Å². The Balaban J connectivity index is 1.36. The van der Waals surface area contributed by atoms with Crippen molar-refractivity contribution in [1.29, 1.82) is 0 Å². The first kappa shape index (κ1) is 18.9. The topological polar surface area (TPSA) is 93.5 Å². The molecule has 4 atom stereocenters. The van der Waals surface area contributed by atoms with Crippen LogP contribution < -0.4 is 0 Å². The average molecular weight is 408 g/mol. The van der Waals surface area contributed by atoms with Crippen LogP contribution >= 0.6 is 0 Å². The minimum Gasteiger partial charge on any atom is -0.360 e. The summed E-state index contributed by atoms with van der Waals surface area (Å²) in [5, 5.41) is 8.04. The van der Waals surface area contributed by atoms with Gasteiger partial charge in [0.15, 0.2) is 5.82 Å². The van der Waals surface area contributed by atoms with Crippen molar-refractivity contribution in [3.8, 4) is 0 Å². The Hall–Kier alpha value is -3.07. The molecule has 2 bridgehead atoms. The first-order chi connectivity index (χ1) is 14.5. The van der Waals surface area contributed by atoms with Crippen molar-refractivity contribution in [2.45, 2.75) is 38.3 Å². The number of aryl methyl sites for hydroxylation is 1. The van der Waals surface area contributed by atoms with Crippen molar-refractivity contribution >= 4 is 11.8 Å². The summed E-state index contributed by atoms with van der Waals surface area (Å²) < 4.78 is 8.12. The first-order valence-corrected chi connectivity index (χ1v) is 10.2. The van der Waals surface area contributed by atoms with Crippen LogP contribution in [-0.4, -0.2) is 66.7 Å². The zero-order valence-corrected chi connectivity index (χ0v) is 17.0. The van der Waals surface area contributed by atoms with Crippen molar-refractivity contribution in [2.24, 2.45) is 11.8 Å². The molecule has 2 aromatic rings. The Labute approximate surface area is 174 Å². The van der Waals surface area contributed by atoms with Crippen molar-refractivity contribution in [3.63, 3.8) is 0 Å². The van der Waals surface area contributed by atoms with Crippen LogP contribution in [0.5, 0.6) is 0 Å². The second-order valence-electron chi connectivity index (χ2n) is 8.18. The van der Waals surface area contributed by atoms with Gasteiger partial charge in [-0.25, -0.2) is 0 Å². The monoisotopic (exact) mass is 408 g/mol.